The quantitative estimate of drug-likeness (QED) is 0.795. The zero-order valence-electron chi connectivity index (χ0n) is 14.0. The predicted octanol–water partition coefficient (Wildman–Crippen LogP) is 1.47. The molecule has 0 bridgehead atoms. The third kappa shape index (κ3) is 2.65. The summed E-state index contributed by atoms with van der Waals surface area (Å²) in [6.07, 6.45) is 1.32. The van der Waals surface area contributed by atoms with Gasteiger partial charge in [-0.15, -0.1) is 0 Å². The summed E-state index contributed by atoms with van der Waals surface area (Å²) in [4.78, 5) is 31.3. The Morgan fingerprint density at radius 2 is 2.13 bits per heavy atom. The SMILES string of the molecule is Cc1oc2ncn(C)c(=O)c2c1C(=O)N1CC(C)OC(C)(C)C1. The van der Waals surface area contributed by atoms with Gasteiger partial charge in [-0.25, -0.2) is 4.98 Å². The van der Waals surface area contributed by atoms with Crippen molar-refractivity contribution in [2.75, 3.05) is 13.1 Å². The summed E-state index contributed by atoms with van der Waals surface area (Å²) in [6, 6.07) is 0. The number of hydrogen-bond acceptors (Lipinski definition) is 5. The Labute approximate surface area is 133 Å². The summed E-state index contributed by atoms with van der Waals surface area (Å²) in [5, 5.41) is 0.245. The first-order valence-corrected chi connectivity index (χ1v) is 7.61. The number of amides is 1. The van der Waals surface area contributed by atoms with Crippen molar-refractivity contribution in [2.45, 2.75) is 39.4 Å². The summed E-state index contributed by atoms with van der Waals surface area (Å²) >= 11 is 0. The van der Waals surface area contributed by atoms with Crippen molar-refractivity contribution in [1.29, 1.82) is 0 Å². The van der Waals surface area contributed by atoms with E-state index in [0.717, 1.165) is 0 Å². The van der Waals surface area contributed by atoms with Crippen LogP contribution < -0.4 is 5.56 Å². The van der Waals surface area contributed by atoms with Gasteiger partial charge in [0.2, 0.25) is 5.71 Å². The highest BCUT2D eigenvalue weighted by Gasteiger charge is 2.36. The van der Waals surface area contributed by atoms with E-state index in [9.17, 15) is 9.59 Å². The molecule has 2 aromatic rings. The van der Waals surface area contributed by atoms with Crippen LogP contribution in [0, 0.1) is 6.92 Å². The van der Waals surface area contributed by atoms with Gasteiger partial charge in [-0.3, -0.25) is 9.59 Å². The molecule has 1 aliphatic rings. The van der Waals surface area contributed by atoms with Crippen LogP contribution in [0.15, 0.2) is 15.5 Å². The van der Waals surface area contributed by atoms with Crippen molar-refractivity contribution in [3.63, 3.8) is 0 Å². The third-order valence-corrected chi connectivity index (χ3v) is 4.02. The second kappa shape index (κ2) is 5.19. The van der Waals surface area contributed by atoms with E-state index in [2.05, 4.69) is 4.98 Å². The van der Waals surface area contributed by atoms with Crippen LogP contribution in [-0.4, -0.2) is 45.2 Å². The zero-order valence-corrected chi connectivity index (χ0v) is 14.0. The largest absolute Gasteiger partial charge is 0.442 e. The molecule has 1 aliphatic heterocycles. The standard InChI is InChI=1S/C16H21N3O4/c1-9-6-19(7-16(3,4)23-9)15(21)11-10(2)22-13-12(11)14(20)18(5)8-17-13/h8-9H,6-7H2,1-5H3. The number of furan rings is 1. The van der Waals surface area contributed by atoms with Crippen LogP contribution in [0.3, 0.4) is 0 Å². The summed E-state index contributed by atoms with van der Waals surface area (Å²) in [6.45, 7) is 8.46. The molecule has 2 aromatic heterocycles. The van der Waals surface area contributed by atoms with Crippen molar-refractivity contribution in [1.82, 2.24) is 14.5 Å². The molecular formula is C16H21N3O4. The van der Waals surface area contributed by atoms with E-state index in [1.54, 1.807) is 18.9 Å². The molecule has 0 spiro atoms. The van der Waals surface area contributed by atoms with Crippen LogP contribution >= 0.6 is 0 Å². The number of aryl methyl sites for hydroxylation is 2. The van der Waals surface area contributed by atoms with Gasteiger partial charge in [0.25, 0.3) is 11.5 Å². The topological polar surface area (TPSA) is 77.6 Å². The van der Waals surface area contributed by atoms with Gasteiger partial charge in [-0.1, -0.05) is 0 Å². The van der Waals surface area contributed by atoms with E-state index < -0.39 is 5.60 Å². The molecule has 7 nitrogen and oxygen atoms in total. The molecule has 0 radical (unpaired) electrons. The highest BCUT2D eigenvalue weighted by molar-refractivity contribution is 6.06. The molecule has 7 heteroatoms. The molecule has 0 aliphatic carbocycles. The Balaban J connectivity index is 2.10. The molecule has 0 N–H and O–H groups in total. The molecule has 1 fully saturated rings. The minimum absolute atomic E-state index is 0.0675. The Bertz CT molecular complexity index is 834. The molecule has 1 saturated heterocycles. The normalized spacial score (nSPS) is 20.9. The third-order valence-electron chi connectivity index (χ3n) is 4.02. The van der Waals surface area contributed by atoms with Crippen LogP contribution in [0.1, 0.15) is 36.9 Å². The highest BCUT2D eigenvalue weighted by atomic mass is 16.5. The summed E-state index contributed by atoms with van der Waals surface area (Å²) < 4.78 is 12.7. The first kappa shape index (κ1) is 15.7. The van der Waals surface area contributed by atoms with Crippen LogP contribution in [0.25, 0.3) is 11.1 Å². The molecular weight excluding hydrogens is 298 g/mol. The maximum atomic E-state index is 13.0. The molecule has 0 saturated carbocycles. The average Bonchev–Trinajstić information content (AvgIpc) is 2.77. The fourth-order valence-corrected chi connectivity index (χ4v) is 3.21. The van der Waals surface area contributed by atoms with Gasteiger partial charge in [0.05, 0.1) is 17.3 Å². The lowest BCUT2D eigenvalue weighted by atomic mass is 10.0. The van der Waals surface area contributed by atoms with E-state index in [1.807, 2.05) is 20.8 Å². The predicted molar refractivity (Wildman–Crippen MR) is 84.5 cm³/mol. The molecule has 0 aromatic carbocycles. The molecule has 1 amide bonds. The number of rotatable bonds is 1. The van der Waals surface area contributed by atoms with Crippen molar-refractivity contribution in [2.24, 2.45) is 7.05 Å². The zero-order chi connectivity index (χ0) is 16.9. The number of carbonyl (C=O) groups excluding carboxylic acids is 1. The number of carbonyl (C=O) groups is 1. The molecule has 23 heavy (non-hydrogen) atoms. The molecule has 124 valence electrons. The van der Waals surface area contributed by atoms with Crippen LogP contribution in [0.5, 0.6) is 0 Å². The van der Waals surface area contributed by atoms with Crippen LogP contribution in [0.2, 0.25) is 0 Å². The number of fused-ring (bicyclic) bond motifs is 1. The van der Waals surface area contributed by atoms with Gasteiger partial charge in [0, 0.05) is 20.1 Å². The fourth-order valence-electron chi connectivity index (χ4n) is 3.21. The van der Waals surface area contributed by atoms with E-state index in [4.69, 9.17) is 9.15 Å². The monoisotopic (exact) mass is 319 g/mol. The Kier molecular flexibility index (Phi) is 3.55. The summed E-state index contributed by atoms with van der Waals surface area (Å²) in [7, 11) is 1.60. The first-order valence-electron chi connectivity index (χ1n) is 7.61. The maximum absolute atomic E-state index is 13.0. The van der Waals surface area contributed by atoms with Crippen molar-refractivity contribution >= 4 is 17.0 Å². The lowest BCUT2D eigenvalue weighted by molar-refractivity contribution is -0.118. The number of nitrogens with zero attached hydrogens (tertiary/aromatic N) is 3. The number of morpholine rings is 1. The van der Waals surface area contributed by atoms with E-state index in [0.29, 0.717) is 24.4 Å². The van der Waals surface area contributed by atoms with Crippen molar-refractivity contribution in [3.8, 4) is 0 Å². The van der Waals surface area contributed by atoms with Crippen molar-refractivity contribution < 1.29 is 13.9 Å². The maximum Gasteiger partial charge on any atom is 0.265 e. The molecule has 3 rings (SSSR count). The average molecular weight is 319 g/mol. The molecule has 1 unspecified atom stereocenters. The van der Waals surface area contributed by atoms with E-state index in [-0.39, 0.29) is 28.7 Å². The lowest BCUT2D eigenvalue weighted by Gasteiger charge is -2.41. The van der Waals surface area contributed by atoms with E-state index in [1.165, 1.54) is 10.9 Å². The van der Waals surface area contributed by atoms with Gasteiger partial charge >= 0.3 is 0 Å². The first-order chi connectivity index (χ1) is 10.7. The van der Waals surface area contributed by atoms with Gasteiger partial charge < -0.3 is 18.6 Å². The fraction of sp³-hybridized carbons (Fsp3) is 0.562. The summed E-state index contributed by atoms with van der Waals surface area (Å²) in [5.74, 6) is 0.201. The van der Waals surface area contributed by atoms with Gasteiger partial charge in [0.1, 0.15) is 17.5 Å². The minimum atomic E-state index is -0.427. The Hall–Kier alpha value is -2.15. The minimum Gasteiger partial charge on any atom is -0.442 e. The van der Waals surface area contributed by atoms with Gasteiger partial charge in [-0.2, -0.15) is 0 Å². The molecule has 3 heterocycles. The molecule has 1 atom stereocenters. The lowest BCUT2D eigenvalue weighted by Crippen LogP contribution is -2.53. The number of aromatic nitrogens is 2. The van der Waals surface area contributed by atoms with Crippen molar-refractivity contribution in [3.05, 3.63) is 28.0 Å². The second-order valence-corrected chi connectivity index (χ2v) is 6.75. The van der Waals surface area contributed by atoms with Crippen LogP contribution in [0.4, 0.5) is 0 Å². The van der Waals surface area contributed by atoms with Gasteiger partial charge in [0.15, 0.2) is 0 Å². The van der Waals surface area contributed by atoms with Gasteiger partial charge in [-0.05, 0) is 27.7 Å². The summed E-state index contributed by atoms with van der Waals surface area (Å²) in [5.41, 5.74) is -0.201. The highest BCUT2D eigenvalue weighted by Crippen LogP contribution is 2.26. The smallest absolute Gasteiger partial charge is 0.265 e. The number of hydrogen-bond donors (Lipinski definition) is 0. The number of ether oxygens (including phenoxy) is 1. The Morgan fingerprint density at radius 3 is 2.78 bits per heavy atom. The Morgan fingerprint density at radius 1 is 1.43 bits per heavy atom. The van der Waals surface area contributed by atoms with Crippen LogP contribution in [-0.2, 0) is 11.8 Å². The van der Waals surface area contributed by atoms with E-state index >= 15 is 0 Å². The second-order valence-electron chi connectivity index (χ2n) is 6.75.